The van der Waals surface area contributed by atoms with Crippen LogP contribution in [0.4, 0.5) is 0 Å². The summed E-state index contributed by atoms with van der Waals surface area (Å²) in [5.41, 5.74) is 6.35. The summed E-state index contributed by atoms with van der Waals surface area (Å²) >= 11 is 1.76. The molecule has 0 saturated carbocycles. The average Bonchev–Trinajstić information content (AvgIpc) is 2.99. The molecule has 0 unspecified atom stereocenters. The number of aromatic nitrogens is 2. The summed E-state index contributed by atoms with van der Waals surface area (Å²) in [7, 11) is 2.09. The van der Waals surface area contributed by atoms with E-state index in [9.17, 15) is 5.26 Å². The Hall–Kier alpha value is -3.03. The number of nitrogens with zero attached hydrogens (tertiary/aromatic N) is 3. The maximum absolute atomic E-state index is 9.59. The van der Waals surface area contributed by atoms with Gasteiger partial charge in [-0.1, -0.05) is 29.5 Å². The minimum Gasteiger partial charge on any atom is -0.192 e. The Balaban J connectivity index is 2.03. The molecule has 126 valence electrons. The molecular formula is C22H19N3S+2. The molecule has 0 aliphatic rings. The lowest BCUT2D eigenvalue weighted by atomic mass is 10.0. The zero-order chi connectivity index (χ0) is 18.3. The van der Waals surface area contributed by atoms with Crippen LogP contribution in [0.15, 0.2) is 60.8 Å². The van der Waals surface area contributed by atoms with Gasteiger partial charge in [0.2, 0.25) is 11.2 Å². The number of thiazole rings is 1. The zero-order valence-electron chi connectivity index (χ0n) is 15.0. The molecule has 0 aliphatic heterocycles. The molecule has 0 bridgehead atoms. The Morgan fingerprint density at radius 3 is 2.50 bits per heavy atom. The number of benzene rings is 2. The summed E-state index contributed by atoms with van der Waals surface area (Å²) in [5.74, 6) is 0. The van der Waals surface area contributed by atoms with E-state index < -0.39 is 0 Å². The van der Waals surface area contributed by atoms with Crippen molar-refractivity contribution in [2.75, 3.05) is 0 Å². The van der Waals surface area contributed by atoms with Crippen molar-refractivity contribution < 1.29 is 9.13 Å². The third-order valence-corrected chi connectivity index (χ3v) is 6.05. The predicted molar refractivity (Wildman–Crippen MR) is 104 cm³/mol. The normalized spacial score (nSPS) is 10.8. The molecule has 0 saturated heterocycles. The average molecular weight is 357 g/mol. The summed E-state index contributed by atoms with van der Waals surface area (Å²) in [6.07, 6.45) is 2.05. The monoisotopic (exact) mass is 357 g/mol. The molecule has 2 aromatic carbocycles. The molecule has 0 radical (unpaired) electrons. The standard InChI is InChI=1S/C22H19N3S/c1-15-8-6-7-11-25(15)20-13-17(14-23)12-18(16(20)2)22-24(3)19-9-4-5-10-21(19)26-22/h4-13H,1-3H3/q+2. The highest BCUT2D eigenvalue weighted by atomic mass is 32.1. The fourth-order valence-electron chi connectivity index (χ4n) is 3.37. The minimum atomic E-state index is 0.675. The van der Waals surface area contributed by atoms with Crippen LogP contribution in [0.2, 0.25) is 0 Å². The van der Waals surface area contributed by atoms with Gasteiger partial charge in [0.1, 0.15) is 11.7 Å². The van der Waals surface area contributed by atoms with E-state index in [4.69, 9.17) is 0 Å². The molecule has 4 heteroatoms. The quantitative estimate of drug-likeness (QED) is 0.496. The summed E-state index contributed by atoms with van der Waals surface area (Å²) in [6.45, 7) is 4.22. The summed E-state index contributed by atoms with van der Waals surface area (Å²) in [4.78, 5) is 0. The topological polar surface area (TPSA) is 31.5 Å². The van der Waals surface area contributed by atoms with Crippen LogP contribution < -0.4 is 9.13 Å². The second-order valence-electron chi connectivity index (χ2n) is 6.43. The second kappa shape index (κ2) is 6.36. The maximum atomic E-state index is 9.59. The van der Waals surface area contributed by atoms with Crippen LogP contribution in [0.5, 0.6) is 0 Å². The van der Waals surface area contributed by atoms with Crippen molar-refractivity contribution in [1.82, 2.24) is 0 Å². The Morgan fingerprint density at radius 1 is 1.00 bits per heavy atom. The van der Waals surface area contributed by atoms with E-state index in [1.54, 1.807) is 11.3 Å². The van der Waals surface area contributed by atoms with Gasteiger partial charge in [0.25, 0.3) is 5.01 Å². The lowest BCUT2D eigenvalue weighted by Crippen LogP contribution is -2.35. The third kappa shape index (κ3) is 2.58. The Morgan fingerprint density at radius 2 is 1.77 bits per heavy atom. The van der Waals surface area contributed by atoms with Gasteiger partial charge in [-0.3, -0.25) is 0 Å². The van der Waals surface area contributed by atoms with Gasteiger partial charge in [0, 0.05) is 36.8 Å². The van der Waals surface area contributed by atoms with E-state index in [-0.39, 0.29) is 0 Å². The van der Waals surface area contributed by atoms with Gasteiger partial charge >= 0.3 is 0 Å². The Labute approximate surface area is 157 Å². The van der Waals surface area contributed by atoms with E-state index in [2.05, 4.69) is 66.4 Å². The number of fused-ring (bicyclic) bond motifs is 1. The van der Waals surface area contributed by atoms with Crippen molar-refractivity contribution in [3.8, 4) is 22.3 Å². The van der Waals surface area contributed by atoms with Crippen LogP contribution in [0.3, 0.4) is 0 Å². The minimum absolute atomic E-state index is 0.675. The van der Waals surface area contributed by atoms with Crippen molar-refractivity contribution in [2.45, 2.75) is 13.8 Å². The molecule has 0 spiro atoms. The summed E-state index contributed by atoms with van der Waals surface area (Å²) in [5, 5.41) is 10.8. The van der Waals surface area contributed by atoms with E-state index in [0.29, 0.717) is 5.56 Å². The highest BCUT2D eigenvalue weighted by Crippen LogP contribution is 2.32. The number of hydrogen-bond acceptors (Lipinski definition) is 2. The van der Waals surface area contributed by atoms with Crippen LogP contribution in [0, 0.1) is 25.2 Å². The van der Waals surface area contributed by atoms with Gasteiger partial charge in [-0.05, 0) is 19.1 Å². The van der Waals surface area contributed by atoms with Gasteiger partial charge in [0.05, 0.1) is 17.2 Å². The van der Waals surface area contributed by atoms with Crippen molar-refractivity contribution >= 4 is 21.6 Å². The van der Waals surface area contributed by atoms with Crippen LogP contribution in [-0.2, 0) is 7.05 Å². The molecule has 4 rings (SSSR count). The van der Waals surface area contributed by atoms with E-state index in [1.807, 2.05) is 30.5 Å². The predicted octanol–water partition coefficient (Wildman–Crippen LogP) is 4.16. The smallest absolute Gasteiger partial charge is 0.192 e. The van der Waals surface area contributed by atoms with Crippen LogP contribution in [0.25, 0.3) is 26.5 Å². The molecule has 4 aromatic rings. The molecular weight excluding hydrogens is 338 g/mol. The lowest BCUT2D eigenvalue weighted by Gasteiger charge is -2.07. The number of nitriles is 1. The number of pyridine rings is 1. The van der Waals surface area contributed by atoms with E-state index >= 15 is 0 Å². The number of rotatable bonds is 2. The molecule has 3 nitrogen and oxygen atoms in total. The van der Waals surface area contributed by atoms with Crippen molar-refractivity contribution in [3.05, 3.63) is 77.6 Å². The first-order chi connectivity index (χ1) is 12.6. The summed E-state index contributed by atoms with van der Waals surface area (Å²) < 4.78 is 5.61. The first kappa shape index (κ1) is 16.4. The van der Waals surface area contributed by atoms with E-state index in [0.717, 1.165) is 22.0 Å². The third-order valence-electron chi connectivity index (χ3n) is 4.80. The maximum Gasteiger partial charge on any atom is 0.270 e. The molecule has 2 heterocycles. The van der Waals surface area contributed by atoms with Crippen molar-refractivity contribution in [1.29, 1.82) is 5.26 Å². The first-order valence-electron chi connectivity index (χ1n) is 8.50. The number of para-hydroxylation sites is 1. The lowest BCUT2D eigenvalue weighted by molar-refractivity contribution is -0.629. The van der Waals surface area contributed by atoms with Crippen LogP contribution in [0.1, 0.15) is 16.8 Å². The van der Waals surface area contributed by atoms with Crippen LogP contribution >= 0.6 is 11.3 Å². The molecule has 0 fully saturated rings. The van der Waals surface area contributed by atoms with Gasteiger partial charge < -0.3 is 0 Å². The highest BCUT2D eigenvalue weighted by molar-refractivity contribution is 7.21. The molecule has 0 amide bonds. The van der Waals surface area contributed by atoms with Gasteiger partial charge in [0.15, 0.2) is 11.9 Å². The molecule has 26 heavy (non-hydrogen) atoms. The highest BCUT2D eigenvalue weighted by Gasteiger charge is 2.25. The van der Waals surface area contributed by atoms with Gasteiger partial charge in [-0.25, -0.2) is 0 Å². The van der Waals surface area contributed by atoms with Crippen molar-refractivity contribution in [3.63, 3.8) is 0 Å². The molecule has 2 aromatic heterocycles. The fourth-order valence-corrected chi connectivity index (χ4v) is 4.59. The Bertz CT molecular complexity index is 1180. The van der Waals surface area contributed by atoms with E-state index in [1.165, 1.54) is 15.8 Å². The fraction of sp³-hybridized carbons (Fsp3) is 0.136. The van der Waals surface area contributed by atoms with Gasteiger partial charge in [-0.2, -0.15) is 14.4 Å². The molecule has 0 N–H and O–H groups in total. The SMILES string of the molecule is Cc1c(-c2sc3ccccc3[n+]2C)cc(C#N)cc1-[n+]1ccccc1C. The second-order valence-corrected chi connectivity index (χ2v) is 7.46. The Kier molecular flexibility index (Phi) is 4.02. The molecule has 0 aliphatic carbocycles. The van der Waals surface area contributed by atoms with Gasteiger partial charge in [-0.15, -0.1) is 0 Å². The van der Waals surface area contributed by atoms with Crippen LogP contribution in [-0.4, -0.2) is 0 Å². The number of hydrogen-bond donors (Lipinski definition) is 0. The summed E-state index contributed by atoms with van der Waals surface area (Å²) in [6, 6.07) is 20.8. The first-order valence-corrected chi connectivity index (χ1v) is 9.32. The zero-order valence-corrected chi connectivity index (χ0v) is 15.8. The van der Waals surface area contributed by atoms with Crippen molar-refractivity contribution in [2.24, 2.45) is 7.05 Å². The molecule has 0 atom stereocenters. The number of aryl methyl sites for hydroxylation is 2. The largest absolute Gasteiger partial charge is 0.270 e.